The van der Waals surface area contributed by atoms with Gasteiger partial charge in [0, 0.05) is 13.0 Å². The first-order valence-electron chi connectivity index (χ1n) is 7.67. The normalized spacial score (nSPS) is 11.5. The number of sulfonamides is 1. The Labute approximate surface area is 142 Å². The lowest BCUT2D eigenvalue weighted by Crippen LogP contribution is -2.38. The molecule has 0 fully saturated rings. The Morgan fingerprint density at radius 1 is 1.21 bits per heavy atom. The van der Waals surface area contributed by atoms with Gasteiger partial charge in [-0.25, -0.2) is 13.1 Å². The van der Waals surface area contributed by atoms with E-state index in [9.17, 15) is 18.0 Å². The highest BCUT2D eigenvalue weighted by Gasteiger charge is 2.18. The summed E-state index contributed by atoms with van der Waals surface area (Å²) in [4.78, 5) is 24.6. The molecule has 2 N–H and O–H groups in total. The van der Waals surface area contributed by atoms with Gasteiger partial charge in [0.1, 0.15) is 6.54 Å². The first kappa shape index (κ1) is 20.1. The van der Waals surface area contributed by atoms with Gasteiger partial charge < -0.3 is 10.0 Å². The standard InChI is InChI=1S/C16H24N2O5S/c1-12(2)10-18(11-16(20)21)15(19)9-6-13-4-7-14(8-5-13)24(22,23)17-3/h4-5,7-8,12,17H,6,9-11H2,1-3H3,(H,20,21). The van der Waals surface area contributed by atoms with Crippen molar-refractivity contribution < 1.29 is 23.1 Å². The van der Waals surface area contributed by atoms with Crippen molar-refractivity contribution in [3.05, 3.63) is 29.8 Å². The average Bonchev–Trinajstić information content (AvgIpc) is 2.51. The number of carboxylic acid groups (broad SMARTS) is 1. The van der Waals surface area contributed by atoms with Crippen LogP contribution >= 0.6 is 0 Å². The van der Waals surface area contributed by atoms with E-state index in [1.54, 1.807) is 12.1 Å². The fourth-order valence-electron chi connectivity index (χ4n) is 2.22. The number of amides is 1. The van der Waals surface area contributed by atoms with Crippen molar-refractivity contribution in [2.45, 2.75) is 31.6 Å². The molecule has 0 aliphatic rings. The Morgan fingerprint density at radius 3 is 2.25 bits per heavy atom. The number of carbonyl (C=O) groups excluding carboxylic acids is 1. The molecule has 24 heavy (non-hydrogen) atoms. The maximum atomic E-state index is 12.2. The molecule has 1 rings (SSSR count). The summed E-state index contributed by atoms with van der Waals surface area (Å²) < 4.78 is 25.5. The third-order valence-corrected chi connectivity index (χ3v) is 4.82. The summed E-state index contributed by atoms with van der Waals surface area (Å²) >= 11 is 0. The molecule has 0 aromatic heterocycles. The molecule has 1 aromatic carbocycles. The van der Waals surface area contributed by atoms with Crippen LogP contribution in [0.4, 0.5) is 0 Å². The Kier molecular flexibility index (Phi) is 7.37. The molecule has 0 saturated carbocycles. The highest BCUT2D eigenvalue weighted by atomic mass is 32.2. The second kappa shape index (κ2) is 8.79. The average molecular weight is 356 g/mol. The van der Waals surface area contributed by atoms with Gasteiger partial charge in [-0.05, 0) is 37.1 Å². The Balaban J connectivity index is 2.69. The van der Waals surface area contributed by atoms with Crippen LogP contribution in [0.2, 0.25) is 0 Å². The van der Waals surface area contributed by atoms with Crippen LogP contribution in [-0.4, -0.2) is 50.4 Å². The van der Waals surface area contributed by atoms with E-state index in [0.29, 0.717) is 13.0 Å². The van der Waals surface area contributed by atoms with Crippen molar-refractivity contribution >= 4 is 21.9 Å². The van der Waals surface area contributed by atoms with E-state index in [2.05, 4.69) is 4.72 Å². The maximum absolute atomic E-state index is 12.2. The minimum atomic E-state index is -3.48. The topological polar surface area (TPSA) is 104 Å². The molecule has 0 heterocycles. The lowest BCUT2D eigenvalue weighted by Gasteiger charge is -2.22. The molecule has 0 aliphatic heterocycles. The first-order chi connectivity index (χ1) is 11.2. The van der Waals surface area contributed by atoms with Crippen molar-refractivity contribution in [3.8, 4) is 0 Å². The van der Waals surface area contributed by atoms with Gasteiger partial charge in [-0.2, -0.15) is 0 Å². The van der Waals surface area contributed by atoms with Crippen LogP contribution in [0.5, 0.6) is 0 Å². The zero-order valence-electron chi connectivity index (χ0n) is 14.2. The van der Waals surface area contributed by atoms with E-state index in [0.717, 1.165) is 5.56 Å². The molecule has 1 amide bonds. The van der Waals surface area contributed by atoms with Gasteiger partial charge in [-0.1, -0.05) is 26.0 Å². The van der Waals surface area contributed by atoms with Crippen molar-refractivity contribution in [1.82, 2.24) is 9.62 Å². The summed E-state index contributed by atoms with van der Waals surface area (Å²) in [5, 5.41) is 8.90. The number of carboxylic acids is 1. The Hall–Kier alpha value is -1.93. The van der Waals surface area contributed by atoms with E-state index >= 15 is 0 Å². The number of aliphatic carboxylic acids is 1. The van der Waals surface area contributed by atoms with E-state index in [4.69, 9.17) is 5.11 Å². The van der Waals surface area contributed by atoms with E-state index in [1.807, 2.05) is 13.8 Å². The van der Waals surface area contributed by atoms with Crippen LogP contribution in [0.1, 0.15) is 25.8 Å². The van der Waals surface area contributed by atoms with Crippen LogP contribution in [0.15, 0.2) is 29.2 Å². The van der Waals surface area contributed by atoms with Gasteiger partial charge in [0.15, 0.2) is 0 Å². The van der Waals surface area contributed by atoms with Gasteiger partial charge in [0.2, 0.25) is 15.9 Å². The summed E-state index contributed by atoms with van der Waals surface area (Å²) in [7, 11) is -2.14. The van der Waals surface area contributed by atoms with Crippen LogP contribution < -0.4 is 4.72 Å². The Morgan fingerprint density at radius 2 is 1.79 bits per heavy atom. The van der Waals surface area contributed by atoms with Crippen molar-refractivity contribution in [3.63, 3.8) is 0 Å². The zero-order valence-corrected chi connectivity index (χ0v) is 15.0. The molecular formula is C16H24N2O5S. The molecule has 0 radical (unpaired) electrons. The predicted molar refractivity (Wildman–Crippen MR) is 90.1 cm³/mol. The molecule has 8 heteroatoms. The minimum Gasteiger partial charge on any atom is -0.480 e. The number of benzene rings is 1. The van der Waals surface area contributed by atoms with Gasteiger partial charge in [0.25, 0.3) is 0 Å². The SMILES string of the molecule is CNS(=O)(=O)c1ccc(CCC(=O)N(CC(=O)O)CC(C)C)cc1. The quantitative estimate of drug-likeness (QED) is 0.689. The second-order valence-electron chi connectivity index (χ2n) is 5.91. The molecular weight excluding hydrogens is 332 g/mol. The summed E-state index contributed by atoms with van der Waals surface area (Å²) in [6.45, 7) is 3.92. The molecule has 0 unspecified atom stereocenters. The number of nitrogens with one attached hydrogen (secondary N) is 1. The molecule has 1 aromatic rings. The van der Waals surface area contributed by atoms with Crippen LogP contribution in [0, 0.1) is 5.92 Å². The van der Waals surface area contributed by atoms with E-state index in [-0.39, 0.29) is 29.7 Å². The highest BCUT2D eigenvalue weighted by Crippen LogP contribution is 2.12. The molecule has 0 atom stereocenters. The first-order valence-corrected chi connectivity index (χ1v) is 9.16. The summed E-state index contributed by atoms with van der Waals surface area (Å²) in [6.07, 6.45) is 0.602. The summed E-state index contributed by atoms with van der Waals surface area (Å²) in [5.74, 6) is -1.08. The second-order valence-corrected chi connectivity index (χ2v) is 7.80. The lowest BCUT2D eigenvalue weighted by molar-refractivity contribution is -0.144. The van der Waals surface area contributed by atoms with Crippen molar-refractivity contribution in [1.29, 1.82) is 0 Å². The van der Waals surface area contributed by atoms with E-state index in [1.165, 1.54) is 24.1 Å². The highest BCUT2D eigenvalue weighted by molar-refractivity contribution is 7.89. The van der Waals surface area contributed by atoms with Gasteiger partial charge in [-0.15, -0.1) is 0 Å². The van der Waals surface area contributed by atoms with Crippen LogP contribution in [0.25, 0.3) is 0 Å². The fraction of sp³-hybridized carbons (Fsp3) is 0.500. The molecule has 0 saturated heterocycles. The summed E-state index contributed by atoms with van der Waals surface area (Å²) in [5.41, 5.74) is 0.818. The van der Waals surface area contributed by atoms with Gasteiger partial charge in [0.05, 0.1) is 4.90 Å². The smallest absolute Gasteiger partial charge is 0.323 e. The number of aryl methyl sites for hydroxylation is 1. The number of rotatable bonds is 9. The van der Waals surface area contributed by atoms with Crippen molar-refractivity contribution in [2.24, 2.45) is 5.92 Å². The molecule has 0 spiro atoms. The number of nitrogens with zero attached hydrogens (tertiary/aromatic N) is 1. The van der Waals surface area contributed by atoms with Crippen LogP contribution in [-0.2, 0) is 26.0 Å². The van der Waals surface area contributed by atoms with Crippen molar-refractivity contribution in [2.75, 3.05) is 20.1 Å². The molecule has 134 valence electrons. The lowest BCUT2D eigenvalue weighted by atomic mass is 10.1. The number of carbonyl (C=O) groups is 2. The van der Waals surface area contributed by atoms with E-state index < -0.39 is 16.0 Å². The third-order valence-electron chi connectivity index (χ3n) is 3.39. The third kappa shape index (κ3) is 6.29. The number of hydrogen-bond donors (Lipinski definition) is 2. The van der Waals surface area contributed by atoms with Crippen LogP contribution in [0.3, 0.4) is 0 Å². The molecule has 7 nitrogen and oxygen atoms in total. The zero-order chi connectivity index (χ0) is 18.3. The summed E-state index contributed by atoms with van der Waals surface area (Å²) in [6, 6.07) is 6.27. The maximum Gasteiger partial charge on any atom is 0.323 e. The fourth-order valence-corrected chi connectivity index (χ4v) is 2.95. The minimum absolute atomic E-state index is 0.160. The number of hydrogen-bond acceptors (Lipinski definition) is 4. The predicted octanol–water partition coefficient (Wildman–Crippen LogP) is 1.10. The molecule has 0 aliphatic carbocycles. The van der Waals surface area contributed by atoms with Gasteiger partial charge in [-0.3, -0.25) is 9.59 Å². The Bertz CT molecular complexity index is 668. The monoisotopic (exact) mass is 356 g/mol. The van der Waals surface area contributed by atoms with Gasteiger partial charge >= 0.3 is 5.97 Å². The largest absolute Gasteiger partial charge is 0.480 e. The molecule has 0 bridgehead atoms.